The number of carboxylic acid groups (broad SMARTS) is 1. The Morgan fingerprint density at radius 3 is 2.40 bits per heavy atom. The van der Waals surface area contributed by atoms with Crippen LogP contribution in [0.25, 0.3) is 0 Å². The van der Waals surface area contributed by atoms with Gasteiger partial charge in [-0.3, -0.25) is 4.79 Å². The Hall–Kier alpha value is -1.23. The lowest BCUT2D eigenvalue weighted by Gasteiger charge is -2.12. The maximum absolute atomic E-state index is 10.6. The van der Waals surface area contributed by atoms with Gasteiger partial charge in [-0.25, -0.2) is 0 Å². The molecule has 0 radical (unpaired) electrons. The van der Waals surface area contributed by atoms with Crippen molar-refractivity contribution in [3.8, 4) is 11.5 Å². The van der Waals surface area contributed by atoms with Gasteiger partial charge in [-0.15, -0.1) is 0 Å². The summed E-state index contributed by atoms with van der Waals surface area (Å²) < 4.78 is 11.0. The van der Waals surface area contributed by atoms with Gasteiger partial charge in [0.2, 0.25) is 0 Å². The quantitative estimate of drug-likeness (QED) is 0.914. The zero-order valence-corrected chi connectivity index (χ0v) is 10.00. The SMILES string of the molecule is COc1c(Br)ccc(CC(=O)O)c1OC. The number of rotatable bonds is 4. The number of hydrogen-bond donors (Lipinski definition) is 1. The molecule has 0 aliphatic heterocycles. The molecule has 4 nitrogen and oxygen atoms in total. The fraction of sp³-hybridized carbons (Fsp3) is 0.300. The molecule has 0 amide bonds. The Bertz CT molecular complexity index is 376. The highest BCUT2D eigenvalue weighted by Gasteiger charge is 2.15. The standard InChI is InChI=1S/C10H11BrO4/c1-14-9-6(5-8(12)13)3-4-7(11)10(9)15-2/h3-4H,5H2,1-2H3,(H,12,13). The highest BCUT2D eigenvalue weighted by molar-refractivity contribution is 9.10. The van der Waals surface area contributed by atoms with E-state index in [0.29, 0.717) is 17.1 Å². The van der Waals surface area contributed by atoms with Crippen LogP contribution in [0.3, 0.4) is 0 Å². The summed E-state index contributed by atoms with van der Waals surface area (Å²) in [7, 11) is 2.99. The van der Waals surface area contributed by atoms with E-state index in [1.165, 1.54) is 14.2 Å². The summed E-state index contributed by atoms with van der Waals surface area (Å²) in [5.41, 5.74) is 0.588. The van der Waals surface area contributed by atoms with E-state index in [1.54, 1.807) is 12.1 Å². The van der Waals surface area contributed by atoms with Gasteiger partial charge >= 0.3 is 5.97 Å². The Kier molecular flexibility index (Phi) is 3.96. The first-order valence-corrected chi connectivity index (χ1v) is 5.00. The number of benzene rings is 1. The number of ether oxygens (including phenoxy) is 2. The maximum Gasteiger partial charge on any atom is 0.307 e. The van der Waals surface area contributed by atoms with Crippen LogP contribution in [0.5, 0.6) is 11.5 Å². The highest BCUT2D eigenvalue weighted by atomic mass is 79.9. The van der Waals surface area contributed by atoms with Gasteiger partial charge in [-0.1, -0.05) is 6.07 Å². The fourth-order valence-corrected chi connectivity index (χ4v) is 1.77. The molecule has 5 heteroatoms. The summed E-state index contributed by atoms with van der Waals surface area (Å²) in [6.07, 6.45) is -0.0905. The van der Waals surface area contributed by atoms with E-state index in [1.807, 2.05) is 0 Å². The van der Waals surface area contributed by atoms with Crippen molar-refractivity contribution in [2.45, 2.75) is 6.42 Å². The largest absolute Gasteiger partial charge is 0.493 e. The number of hydrogen-bond acceptors (Lipinski definition) is 3. The highest BCUT2D eigenvalue weighted by Crippen LogP contribution is 2.38. The molecule has 1 aromatic carbocycles. The Balaban J connectivity index is 3.22. The molecule has 0 bridgehead atoms. The van der Waals surface area contributed by atoms with Gasteiger partial charge in [0.15, 0.2) is 11.5 Å². The van der Waals surface area contributed by atoms with Crippen LogP contribution in [0.2, 0.25) is 0 Å². The summed E-state index contributed by atoms with van der Waals surface area (Å²) >= 11 is 3.30. The number of methoxy groups -OCH3 is 2. The van der Waals surface area contributed by atoms with E-state index in [2.05, 4.69) is 15.9 Å². The van der Waals surface area contributed by atoms with Crippen molar-refractivity contribution in [3.05, 3.63) is 22.2 Å². The van der Waals surface area contributed by atoms with Crippen molar-refractivity contribution in [3.63, 3.8) is 0 Å². The van der Waals surface area contributed by atoms with Gasteiger partial charge in [-0.05, 0) is 22.0 Å². The van der Waals surface area contributed by atoms with Crippen LogP contribution in [-0.4, -0.2) is 25.3 Å². The van der Waals surface area contributed by atoms with Crippen molar-refractivity contribution in [1.29, 1.82) is 0 Å². The summed E-state index contributed by atoms with van der Waals surface area (Å²) in [5, 5.41) is 8.71. The second kappa shape index (κ2) is 5.02. The minimum absolute atomic E-state index is 0.0905. The van der Waals surface area contributed by atoms with Gasteiger partial charge in [0.05, 0.1) is 25.1 Å². The van der Waals surface area contributed by atoms with E-state index in [9.17, 15) is 4.79 Å². The van der Waals surface area contributed by atoms with Crippen molar-refractivity contribution in [1.82, 2.24) is 0 Å². The summed E-state index contributed by atoms with van der Waals surface area (Å²) in [4.78, 5) is 10.6. The van der Waals surface area contributed by atoms with E-state index in [-0.39, 0.29) is 6.42 Å². The molecule has 0 aliphatic carbocycles. The molecule has 1 aromatic rings. The first-order chi connectivity index (χ1) is 7.10. The minimum atomic E-state index is -0.905. The number of aliphatic carboxylic acids is 1. The molecule has 0 heterocycles. The average molecular weight is 275 g/mol. The normalized spacial score (nSPS) is 9.80. The lowest BCUT2D eigenvalue weighted by Crippen LogP contribution is -2.03. The molecule has 0 aromatic heterocycles. The van der Waals surface area contributed by atoms with Crippen LogP contribution in [0.4, 0.5) is 0 Å². The first-order valence-electron chi connectivity index (χ1n) is 4.21. The van der Waals surface area contributed by atoms with Gasteiger partial charge in [-0.2, -0.15) is 0 Å². The van der Waals surface area contributed by atoms with Crippen molar-refractivity contribution in [2.75, 3.05) is 14.2 Å². The molecule has 0 unspecified atom stereocenters. The summed E-state index contributed by atoms with van der Waals surface area (Å²) in [6.45, 7) is 0. The second-order valence-corrected chi connectivity index (χ2v) is 3.70. The smallest absolute Gasteiger partial charge is 0.307 e. The molecule has 0 saturated carbocycles. The van der Waals surface area contributed by atoms with Crippen LogP contribution < -0.4 is 9.47 Å². The zero-order chi connectivity index (χ0) is 11.4. The van der Waals surface area contributed by atoms with Crippen LogP contribution in [0, 0.1) is 0 Å². The van der Waals surface area contributed by atoms with E-state index >= 15 is 0 Å². The molecule has 0 atom stereocenters. The minimum Gasteiger partial charge on any atom is -0.493 e. The molecule has 82 valence electrons. The predicted octanol–water partition coefficient (Wildman–Crippen LogP) is 2.09. The summed E-state index contributed by atoms with van der Waals surface area (Å²) in [6, 6.07) is 3.43. The van der Waals surface area contributed by atoms with Crippen molar-refractivity contribution >= 4 is 21.9 Å². The Labute approximate surface area is 95.9 Å². The van der Waals surface area contributed by atoms with Crippen molar-refractivity contribution in [2.24, 2.45) is 0 Å². The molecular formula is C10H11BrO4. The summed E-state index contributed by atoms with van der Waals surface area (Å²) in [5.74, 6) is 0.0585. The third kappa shape index (κ3) is 2.62. The van der Waals surface area contributed by atoms with Crippen molar-refractivity contribution < 1.29 is 19.4 Å². The molecule has 15 heavy (non-hydrogen) atoms. The monoisotopic (exact) mass is 274 g/mol. The van der Waals surface area contributed by atoms with Gasteiger partial charge in [0, 0.05) is 5.56 Å². The first kappa shape index (κ1) is 11.8. The van der Waals surface area contributed by atoms with Crippen LogP contribution >= 0.6 is 15.9 Å². The molecule has 1 rings (SSSR count). The zero-order valence-electron chi connectivity index (χ0n) is 8.41. The topological polar surface area (TPSA) is 55.8 Å². The lowest BCUT2D eigenvalue weighted by atomic mass is 10.1. The third-order valence-corrected chi connectivity index (χ3v) is 2.52. The van der Waals surface area contributed by atoms with E-state index < -0.39 is 5.97 Å². The van der Waals surface area contributed by atoms with Gasteiger partial charge in [0.25, 0.3) is 0 Å². The fourth-order valence-electron chi connectivity index (χ4n) is 1.30. The number of halogens is 1. The Morgan fingerprint density at radius 1 is 1.33 bits per heavy atom. The average Bonchev–Trinajstić information content (AvgIpc) is 2.19. The van der Waals surface area contributed by atoms with E-state index in [4.69, 9.17) is 14.6 Å². The van der Waals surface area contributed by atoms with E-state index in [0.717, 1.165) is 4.47 Å². The lowest BCUT2D eigenvalue weighted by molar-refractivity contribution is -0.136. The molecule has 0 saturated heterocycles. The third-order valence-electron chi connectivity index (χ3n) is 1.90. The maximum atomic E-state index is 10.6. The van der Waals surface area contributed by atoms with Crippen LogP contribution in [-0.2, 0) is 11.2 Å². The van der Waals surface area contributed by atoms with Crippen LogP contribution in [0.15, 0.2) is 16.6 Å². The second-order valence-electron chi connectivity index (χ2n) is 2.84. The molecule has 0 aliphatic rings. The molecular weight excluding hydrogens is 264 g/mol. The van der Waals surface area contributed by atoms with Gasteiger partial charge < -0.3 is 14.6 Å². The molecule has 0 spiro atoms. The van der Waals surface area contributed by atoms with Crippen LogP contribution in [0.1, 0.15) is 5.56 Å². The molecule has 0 fully saturated rings. The van der Waals surface area contributed by atoms with Gasteiger partial charge in [0.1, 0.15) is 0 Å². The predicted molar refractivity (Wildman–Crippen MR) is 58.6 cm³/mol. The molecule has 1 N–H and O–H groups in total. The number of carboxylic acids is 1. The Morgan fingerprint density at radius 2 is 1.93 bits per heavy atom. The number of carbonyl (C=O) groups is 1.